The number of ether oxygens (including phenoxy) is 1. The summed E-state index contributed by atoms with van der Waals surface area (Å²) in [4.78, 5) is 11.9. The molecule has 20 heavy (non-hydrogen) atoms. The number of carbonyl (C=O) groups is 1. The maximum absolute atomic E-state index is 11.9. The maximum atomic E-state index is 11.9. The van der Waals surface area contributed by atoms with Gasteiger partial charge in [-0.2, -0.15) is 0 Å². The highest BCUT2D eigenvalue weighted by Crippen LogP contribution is 2.17. The van der Waals surface area contributed by atoms with Gasteiger partial charge in [-0.1, -0.05) is 17.9 Å². The van der Waals surface area contributed by atoms with Gasteiger partial charge in [0, 0.05) is 24.8 Å². The number of anilines is 1. The zero-order valence-electron chi connectivity index (χ0n) is 12.3. The molecule has 1 rings (SSSR count). The Kier molecular flexibility index (Phi) is 6.78. The van der Waals surface area contributed by atoms with Crippen molar-refractivity contribution in [2.24, 2.45) is 5.73 Å². The van der Waals surface area contributed by atoms with E-state index in [4.69, 9.17) is 10.5 Å². The van der Waals surface area contributed by atoms with E-state index >= 15 is 0 Å². The number of nitrogens with one attached hydrogen (secondary N) is 1. The number of benzene rings is 1. The van der Waals surface area contributed by atoms with E-state index in [-0.39, 0.29) is 12.0 Å². The van der Waals surface area contributed by atoms with Crippen molar-refractivity contribution in [3.63, 3.8) is 0 Å². The Hall–Kier alpha value is -1.83. The van der Waals surface area contributed by atoms with Gasteiger partial charge in [0.05, 0.1) is 12.6 Å². The molecule has 0 bridgehead atoms. The second-order valence-electron chi connectivity index (χ2n) is 4.67. The average Bonchev–Trinajstić information content (AvgIpc) is 2.45. The molecule has 0 aliphatic carbocycles. The Balaban J connectivity index is 2.68. The summed E-state index contributed by atoms with van der Waals surface area (Å²) in [6.07, 6.45) is 1.23. The van der Waals surface area contributed by atoms with Crippen molar-refractivity contribution >= 4 is 11.6 Å². The average molecular weight is 274 g/mol. The minimum atomic E-state index is -0.0130. The second kappa shape index (κ2) is 8.36. The van der Waals surface area contributed by atoms with Gasteiger partial charge in [0.15, 0.2) is 0 Å². The van der Waals surface area contributed by atoms with Crippen LogP contribution in [0.1, 0.15) is 30.9 Å². The highest BCUT2D eigenvalue weighted by molar-refractivity contribution is 5.91. The lowest BCUT2D eigenvalue weighted by Crippen LogP contribution is -2.15. The summed E-state index contributed by atoms with van der Waals surface area (Å²) in [5.74, 6) is 5.75. The fraction of sp³-hybridized carbons (Fsp3) is 0.438. The molecule has 0 heterocycles. The van der Waals surface area contributed by atoms with Crippen LogP contribution in [0.4, 0.5) is 5.69 Å². The zero-order valence-corrected chi connectivity index (χ0v) is 12.3. The summed E-state index contributed by atoms with van der Waals surface area (Å²) in [5.41, 5.74) is 8.01. The Morgan fingerprint density at radius 1 is 1.50 bits per heavy atom. The van der Waals surface area contributed by atoms with Crippen LogP contribution >= 0.6 is 0 Å². The van der Waals surface area contributed by atoms with Gasteiger partial charge >= 0.3 is 0 Å². The smallest absolute Gasteiger partial charge is 0.224 e. The fourth-order valence-corrected chi connectivity index (χ4v) is 1.65. The Bertz CT molecular complexity index is 515. The summed E-state index contributed by atoms with van der Waals surface area (Å²) in [7, 11) is 1.65. The first-order valence-corrected chi connectivity index (χ1v) is 6.69. The largest absolute Gasteiger partial charge is 0.382 e. The van der Waals surface area contributed by atoms with Gasteiger partial charge in [-0.3, -0.25) is 4.79 Å². The fourth-order valence-electron chi connectivity index (χ4n) is 1.65. The molecule has 0 aliphatic heterocycles. The third-order valence-electron chi connectivity index (χ3n) is 3.03. The van der Waals surface area contributed by atoms with Crippen LogP contribution in [0.2, 0.25) is 0 Å². The second-order valence-corrected chi connectivity index (χ2v) is 4.67. The first kappa shape index (κ1) is 16.2. The van der Waals surface area contributed by atoms with Gasteiger partial charge in [-0.15, -0.1) is 0 Å². The van der Waals surface area contributed by atoms with Crippen molar-refractivity contribution in [1.29, 1.82) is 0 Å². The molecule has 0 saturated heterocycles. The minimum Gasteiger partial charge on any atom is -0.382 e. The Labute approximate surface area is 120 Å². The lowest BCUT2D eigenvalue weighted by molar-refractivity contribution is -0.116. The van der Waals surface area contributed by atoms with E-state index < -0.39 is 0 Å². The molecular formula is C16H22N2O2. The van der Waals surface area contributed by atoms with E-state index in [2.05, 4.69) is 17.2 Å². The number of nitrogens with two attached hydrogens (primary N) is 1. The van der Waals surface area contributed by atoms with Crippen LogP contribution < -0.4 is 11.1 Å². The molecule has 0 fully saturated rings. The highest BCUT2D eigenvalue weighted by atomic mass is 16.5. The van der Waals surface area contributed by atoms with Crippen LogP contribution in [0.3, 0.4) is 0 Å². The van der Waals surface area contributed by atoms with Crippen LogP contribution in [-0.2, 0) is 9.53 Å². The number of hydrogen-bond acceptors (Lipinski definition) is 3. The van der Waals surface area contributed by atoms with Gasteiger partial charge in [0.1, 0.15) is 0 Å². The van der Waals surface area contributed by atoms with E-state index in [9.17, 15) is 4.79 Å². The topological polar surface area (TPSA) is 64.3 Å². The number of hydrogen-bond donors (Lipinski definition) is 2. The van der Waals surface area contributed by atoms with Crippen LogP contribution in [-0.4, -0.2) is 25.7 Å². The van der Waals surface area contributed by atoms with E-state index in [0.29, 0.717) is 19.4 Å². The predicted molar refractivity (Wildman–Crippen MR) is 81.4 cm³/mol. The lowest BCUT2D eigenvalue weighted by Gasteiger charge is -2.11. The molecule has 0 spiro atoms. The molecule has 4 heteroatoms. The van der Waals surface area contributed by atoms with Crippen LogP contribution in [0.25, 0.3) is 0 Å². The third-order valence-corrected chi connectivity index (χ3v) is 3.03. The summed E-state index contributed by atoms with van der Waals surface area (Å²) in [5, 5.41) is 2.91. The molecule has 0 aliphatic rings. The third kappa shape index (κ3) is 5.43. The predicted octanol–water partition coefficient (Wildman–Crippen LogP) is 2.06. The normalized spacial score (nSPS) is 11.4. The number of carbonyl (C=O) groups excluding carboxylic acids is 1. The Morgan fingerprint density at radius 2 is 2.25 bits per heavy atom. The summed E-state index contributed by atoms with van der Waals surface area (Å²) in [6, 6.07) is 5.73. The van der Waals surface area contributed by atoms with Crippen molar-refractivity contribution in [1.82, 2.24) is 0 Å². The van der Waals surface area contributed by atoms with E-state index in [1.165, 1.54) is 0 Å². The van der Waals surface area contributed by atoms with Crippen molar-refractivity contribution in [2.75, 3.05) is 19.0 Å². The number of rotatable bonds is 5. The minimum absolute atomic E-state index is 0.0130. The van der Waals surface area contributed by atoms with E-state index in [1.807, 2.05) is 32.0 Å². The quantitative estimate of drug-likeness (QED) is 0.808. The molecule has 1 amide bonds. The molecule has 108 valence electrons. The zero-order chi connectivity index (χ0) is 15.0. The van der Waals surface area contributed by atoms with Gasteiger partial charge in [0.2, 0.25) is 5.91 Å². The van der Waals surface area contributed by atoms with Gasteiger partial charge in [-0.25, -0.2) is 0 Å². The number of aryl methyl sites for hydroxylation is 1. The molecule has 3 N–H and O–H groups in total. The monoisotopic (exact) mass is 274 g/mol. The summed E-state index contributed by atoms with van der Waals surface area (Å²) < 4.78 is 5.13. The standard InChI is InChI=1S/C16H22N2O2/c1-12-6-8-14(5-4-10-17)11-15(12)18-16(19)9-7-13(2)20-3/h6,8,11,13H,7,9-10,17H2,1-3H3,(H,18,19). The molecule has 0 aromatic heterocycles. The SMILES string of the molecule is COC(C)CCC(=O)Nc1cc(C#CCN)ccc1C. The first-order chi connectivity index (χ1) is 9.56. The Morgan fingerprint density at radius 3 is 2.90 bits per heavy atom. The van der Waals surface area contributed by atoms with Crippen LogP contribution in [0.5, 0.6) is 0 Å². The maximum Gasteiger partial charge on any atom is 0.224 e. The van der Waals surface area contributed by atoms with Gasteiger partial charge in [-0.05, 0) is 38.0 Å². The van der Waals surface area contributed by atoms with Crippen molar-refractivity contribution < 1.29 is 9.53 Å². The molecule has 0 saturated carbocycles. The van der Waals surface area contributed by atoms with Crippen molar-refractivity contribution in [3.05, 3.63) is 29.3 Å². The first-order valence-electron chi connectivity index (χ1n) is 6.69. The number of amides is 1. The molecule has 4 nitrogen and oxygen atoms in total. The summed E-state index contributed by atoms with van der Waals surface area (Å²) in [6.45, 7) is 4.22. The molecule has 1 unspecified atom stereocenters. The number of methoxy groups -OCH3 is 1. The lowest BCUT2D eigenvalue weighted by atomic mass is 10.1. The highest BCUT2D eigenvalue weighted by Gasteiger charge is 2.08. The summed E-state index contributed by atoms with van der Waals surface area (Å²) >= 11 is 0. The molecular weight excluding hydrogens is 252 g/mol. The molecule has 1 aromatic rings. The van der Waals surface area contributed by atoms with Gasteiger partial charge < -0.3 is 15.8 Å². The van der Waals surface area contributed by atoms with Crippen LogP contribution in [0.15, 0.2) is 18.2 Å². The van der Waals surface area contributed by atoms with Crippen LogP contribution in [0, 0.1) is 18.8 Å². The van der Waals surface area contributed by atoms with E-state index in [1.54, 1.807) is 7.11 Å². The van der Waals surface area contributed by atoms with Gasteiger partial charge in [0.25, 0.3) is 0 Å². The molecule has 1 aromatic carbocycles. The van der Waals surface area contributed by atoms with Crippen molar-refractivity contribution in [3.8, 4) is 11.8 Å². The molecule has 0 radical (unpaired) electrons. The van der Waals surface area contributed by atoms with Crippen molar-refractivity contribution in [2.45, 2.75) is 32.8 Å². The molecule has 1 atom stereocenters. The van der Waals surface area contributed by atoms with E-state index in [0.717, 1.165) is 16.8 Å².